The minimum Gasteiger partial charge on any atom is -0.398 e. The van der Waals surface area contributed by atoms with Gasteiger partial charge < -0.3 is 11.1 Å². The summed E-state index contributed by atoms with van der Waals surface area (Å²) in [6.07, 6.45) is 5.03. The maximum atomic E-state index is 6.23. The minimum atomic E-state index is 0.227. The van der Waals surface area contributed by atoms with E-state index in [0.29, 0.717) is 34.0 Å². The summed E-state index contributed by atoms with van der Waals surface area (Å²) in [6, 6.07) is 7.42. The fraction of sp³-hybridized carbons (Fsp3) is 0.263. The molecular weight excluding hydrogens is 348 g/mol. The summed E-state index contributed by atoms with van der Waals surface area (Å²) in [4.78, 5) is 17.5. The summed E-state index contributed by atoms with van der Waals surface area (Å²) in [5, 5.41) is 3.83. The second-order valence-electron chi connectivity index (χ2n) is 6.43. The van der Waals surface area contributed by atoms with Gasteiger partial charge in [0.2, 0.25) is 0 Å². The zero-order chi connectivity index (χ0) is 18.7. The number of rotatable bonds is 5. The molecule has 3 heterocycles. The lowest BCUT2D eigenvalue weighted by Crippen LogP contribution is -2.23. The van der Waals surface area contributed by atoms with E-state index in [1.165, 1.54) is 0 Å². The minimum absolute atomic E-state index is 0.227. The molecule has 0 bridgehead atoms. The van der Waals surface area contributed by atoms with Crippen LogP contribution in [-0.2, 0) is 0 Å². The Hall–Kier alpha value is -2.73. The number of nitrogens with zero attached hydrogens (tertiary/aromatic N) is 4. The highest BCUT2D eigenvalue weighted by molar-refractivity contribution is 6.29. The van der Waals surface area contributed by atoms with Crippen molar-refractivity contribution in [2.45, 2.75) is 26.8 Å². The number of halogens is 1. The Kier molecular flexibility index (Phi) is 5.32. The van der Waals surface area contributed by atoms with E-state index in [9.17, 15) is 0 Å². The molecule has 0 aromatic carbocycles. The van der Waals surface area contributed by atoms with Gasteiger partial charge in [-0.05, 0) is 37.1 Å². The summed E-state index contributed by atoms with van der Waals surface area (Å²) in [7, 11) is 0. The molecule has 26 heavy (non-hydrogen) atoms. The first-order chi connectivity index (χ1) is 12.5. The molecule has 1 atom stereocenters. The molecule has 0 aliphatic carbocycles. The van der Waals surface area contributed by atoms with Crippen LogP contribution in [0.2, 0.25) is 5.15 Å². The molecule has 3 N–H and O–H groups in total. The van der Waals surface area contributed by atoms with E-state index in [-0.39, 0.29) is 6.04 Å². The Morgan fingerprint density at radius 1 is 1.00 bits per heavy atom. The Morgan fingerprint density at radius 3 is 2.46 bits per heavy atom. The SMILES string of the molecule is CC(C)C(C)Nc1nccc(N)c1-c1nccc(-c2ccnc(Cl)c2)n1. The van der Waals surface area contributed by atoms with Crippen LogP contribution >= 0.6 is 11.6 Å². The largest absolute Gasteiger partial charge is 0.398 e. The highest BCUT2D eigenvalue weighted by Crippen LogP contribution is 2.31. The van der Waals surface area contributed by atoms with Gasteiger partial charge in [-0.15, -0.1) is 0 Å². The lowest BCUT2D eigenvalue weighted by Gasteiger charge is -2.20. The molecule has 0 radical (unpaired) electrons. The van der Waals surface area contributed by atoms with Crippen molar-refractivity contribution in [3.05, 3.63) is 48.0 Å². The number of nitrogens with one attached hydrogen (secondary N) is 1. The van der Waals surface area contributed by atoms with Gasteiger partial charge in [-0.3, -0.25) is 0 Å². The third kappa shape index (κ3) is 3.91. The van der Waals surface area contributed by atoms with Crippen LogP contribution in [0.15, 0.2) is 42.9 Å². The van der Waals surface area contributed by atoms with Gasteiger partial charge in [0.25, 0.3) is 0 Å². The number of anilines is 2. The van der Waals surface area contributed by atoms with E-state index in [1.807, 2.05) is 12.1 Å². The fourth-order valence-corrected chi connectivity index (χ4v) is 2.58. The molecule has 7 heteroatoms. The first-order valence-corrected chi connectivity index (χ1v) is 8.80. The van der Waals surface area contributed by atoms with Gasteiger partial charge in [0.15, 0.2) is 5.82 Å². The molecule has 6 nitrogen and oxygen atoms in total. The second kappa shape index (κ2) is 7.66. The first-order valence-electron chi connectivity index (χ1n) is 8.42. The molecule has 0 saturated heterocycles. The molecule has 3 rings (SSSR count). The van der Waals surface area contributed by atoms with E-state index in [1.54, 1.807) is 30.7 Å². The van der Waals surface area contributed by atoms with Crippen molar-refractivity contribution in [2.24, 2.45) is 5.92 Å². The zero-order valence-electron chi connectivity index (χ0n) is 14.9. The average molecular weight is 369 g/mol. The van der Waals surface area contributed by atoms with Gasteiger partial charge in [-0.2, -0.15) is 0 Å². The molecule has 0 amide bonds. The number of aromatic nitrogens is 4. The normalized spacial score (nSPS) is 12.2. The first kappa shape index (κ1) is 18.1. The number of pyridine rings is 2. The summed E-state index contributed by atoms with van der Waals surface area (Å²) in [5.41, 5.74) is 9.10. The van der Waals surface area contributed by atoms with E-state index in [2.05, 4.69) is 46.0 Å². The van der Waals surface area contributed by atoms with Crippen LogP contribution < -0.4 is 11.1 Å². The number of nitrogens with two attached hydrogens (primary N) is 1. The smallest absolute Gasteiger partial charge is 0.165 e. The molecule has 0 saturated carbocycles. The number of hydrogen-bond acceptors (Lipinski definition) is 6. The van der Waals surface area contributed by atoms with Gasteiger partial charge in [0.05, 0.1) is 11.3 Å². The maximum absolute atomic E-state index is 6.23. The van der Waals surface area contributed by atoms with Gasteiger partial charge >= 0.3 is 0 Å². The number of hydrogen-bond donors (Lipinski definition) is 2. The van der Waals surface area contributed by atoms with Crippen molar-refractivity contribution >= 4 is 23.1 Å². The Morgan fingerprint density at radius 2 is 1.73 bits per heavy atom. The summed E-state index contributed by atoms with van der Waals surface area (Å²) in [5.74, 6) is 1.63. The standard InChI is InChI=1S/C19H21ClN6/c1-11(2)12(3)25-18-17(14(21)5-8-23-18)19-24-9-6-15(26-19)13-4-7-22-16(20)10-13/h4-12H,1-3H3,(H3,21,23,25). The average Bonchev–Trinajstić information content (AvgIpc) is 2.62. The predicted molar refractivity (Wildman–Crippen MR) is 106 cm³/mol. The molecular formula is C19H21ClN6. The Balaban J connectivity index is 2.06. The molecule has 0 fully saturated rings. The molecule has 0 spiro atoms. The van der Waals surface area contributed by atoms with Crippen LogP contribution in [-0.4, -0.2) is 26.0 Å². The van der Waals surface area contributed by atoms with Gasteiger partial charge in [-0.25, -0.2) is 19.9 Å². The van der Waals surface area contributed by atoms with Crippen molar-refractivity contribution in [3.8, 4) is 22.6 Å². The van der Waals surface area contributed by atoms with Crippen molar-refractivity contribution in [3.63, 3.8) is 0 Å². The van der Waals surface area contributed by atoms with Crippen LogP contribution in [0.4, 0.5) is 11.5 Å². The third-order valence-corrected chi connectivity index (χ3v) is 4.46. The molecule has 3 aromatic heterocycles. The van der Waals surface area contributed by atoms with Crippen molar-refractivity contribution in [1.29, 1.82) is 0 Å². The lowest BCUT2D eigenvalue weighted by molar-refractivity contribution is 0.558. The highest BCUT2D eigenvalue weighted by atomic mass is 35.5. The summed E-state index contributed by atoms with van der Waals surface area (Å²) >= 11 is 5.99. The zero-order valence-corrected chi connectivity index (χ0v) is 15.7. The summed E-state index contributed by atoms with van der Waals surface area (Å²) < 4.78 is 0. The van der Waals surface area contributed by atoms with Crippen LogP contribution in [0.25, 0.3) is 22.6 Å². The van der Waals surface area contributed by atoms with Gasteiger partial charge in [0.1, 0.15) is 11.0 Å². The van der Waals surface area contributed by atoms with E-state index < -0.39 is 0 Å². The quantitative estimate of drug-likeness (QED) is 0.653. The topological polar surface area (TPSA) is 89.6 Å². The molecule has 3 aromatic rings. The van der Waals surface area contributed by atoms with Crippen molar-refractivity contribution in [1.82, 2.24) is 19.9 Å². The van der Waals surface area contributed by atoms with Crippen molar-refractivity contribution < 1.29 is 0 Å². The van der Waals surface area contributed by atoms with Crippen LogP contribution in [0.3, 0.4) is 0 Å². The van der Waals surface area contributed by atoms with E-state index in [0.717, 1.165) is 11.3 Å². The van der Waals surface area contributed by atoms with Crippen LogP contribution in [0.1, 0.15) is 20.8 Å². The lowest BCUT2D eigenvalue weighted by atomic mass is 10.1. The highest BCUT2D eigenvalue weighted by Gasteiger charge is 2.17. The van der Waals surface area contributed by atoms with Crippen LogP contribution in [0, 0.1) is 5.92 Å². The fourth-order valence-electron chi connectivity index (χ4n) is 2.41. The maximum Gasteiger partial charge on any atom is 0.165 e. The van der Waals surface area contributed by atoms with Crippen molar-refractivity contribution in [2.75, 3.05) is 11.1 Å². The predicted octanol–water partition coefficient (Wildman–Crippen LogP) is 4.29. The second-order valence-corrected chi connectivity index (χ2v) is 6.82. The van der Waals surface area contributed by atoms with Crippen LogP contribution in [0.5, 0.6) is 0 Å². The Labute approximate surface area is 157 Å². The molecule has 1 unspecified atom stereocenters. The molecule has 0 aliphatic heterocycles. The van der Waals surface area contributed by atoms with E-state index in [4.69, 9.17) is 17.3 Å². The summed E-state index contributed by atoms with van der Waals surface area (Å²) in [6.45, 7) is 6.40. The molecule has 134 valence electrons. The molecule has 0 aliphatic rings. The monoisotopic (exact) mass is 368 g/mol. The van der Waals surface area contributed by atoms with Gasteiger partial charge in [0, 0.05) is 35.9 Å². The van der Waals surface area contributed by atoms with Gasteiger partial charge in [-0.1, -0.05) is 25.4 Å². The Bertz CT molecular complexity index is 912. The number of nitrogen functional groups attached to an aromatic ring is 1. The third-order valence-electron chi connectivity index (χ3n) is 4.25. The van der Waals surface area contributed by atoms with E-state index >= 15 is 0 Å².